The first-order chi connectivity index (χ1) is 15.0. The topological polar surface area (TPSA) is 92.6 Å². The minimum atomic E-state index is -0.867. The molecular formula is C23H18FN3O4. The van der Waals surface area contributed by atoms with Gasteiger partial charge < -0.3 is 14.7 Å². The van der Waals surface area contributed by atoms with Crippen molar-refractivity contribution >= 4 is 17.4 Å². The van der Waals surface area contributed by atoms with E-state index in [2.05, 4.69) is 9.97 Å². The molecule has 31 heavy (non-hydrogen) atoms. The lowest BCUT2D eigenvalue weighted by Gasteiger charge is -2.25. The maximum Gasteiger partial charge on any atom is 0.295 e. The Bertz CT molecular complexity index is 1170. The predicted octanol–water partition coefficient (Wildman–Crippen LogP) is 3.25. The number of benzene rings is 1. The minimum Gasteiger partial charge on any atom is -0.507 e. The molecule has 1 saturated heterocycles. The SMILES string of the molecule is COc1ccc(C(O)=C2C(=O)C(=O)N(Cc3cccnc3)C2c2ccncc2)cc1F. The smallest absolute Gasteiger partial charge is 0.295 e. The number of halogens is 1. The highest BCUT2D eigenvalue weighted by Gasteiger charge is 2.46. The van der Waals surface area contributed by atoms with Crippen LogP contribution in [0.1, 0.15) is 22.7 Å². The molecule has 3 heterocycles. The molecule has 1 aromatic carbocycles. The molecule has 1 N–H and O–H groups in total. The van der Waals surface area contributed by atoms with Gasteiger partial charge in [0, 0.05) is 36.9 Å². The van der Waals surface area contributed by atoms with Crippen molar-refractivity contribution in [2.24, 2.45) is 0 Å². The van der Waals surface area contributed by atoms with Crippen LogP contribution in [0.5, 0.6) is 5.75 Å². The van der Waals surface area contributed by atoms with Gasteiger partial charge in [-0.05, 0) is 47.5 Å². The summed E-state index contributed by atoms with van der Waals surface area (Å²) in [5, 5.41) is 11.0. The number of ketones is 1. The fraction of sp³-hybridized carbons (Fsp3) is 0.130. The van der Waals surface area contributed by atoms with Crippen LogP contribution in [0.25, 0.3) is 5.76 Å². The first kappa shape index (κ1) is 20.2. The average Bonchev–Trinajstić information content (AvgIpc) is 3.04. The summed E-state index contributed by atoms with van der Waals surface area (Å²) >= 11 is 0. The Morgan fingerprint density at radius 1 is 1.13 bits per heavy atom. The molecule has 3 aromatic rings. The Kier molecular flexibility index (Phi) is 5.44. The lowest BCUT2D eigenvalue weighted by atomic mass is 9.95. The summed E-state index contributed by atoms with van der Waals surface area (Å²) in [7, 11) is 1.32. The highest BCUT2D eigenvalue weighted by atomic mass is 19.1. The summed E-state index contributed by atoms with van der Waals surface area (Å²) in [5.74, 6) is -2.77. The fourth-order valence-corrected chi connectivity index (χ4v) is 3.59. The summed E-state index contributed by atoms with van der Waals surface area (Å²) in [6, 6.07) is 9.80. The van der Waals surface area contributed by atoms with Crippen LogP contribution in [0.4, 0.5) is 4.39 Å². The quantitative estimate of drug-likeness (QED) is 0.388. The van der Waals surface area contributed by atoms with E-state index in [4.69, 9.17) is 4.74 Å². The molecule has 1 fully saturated rings. The number of aliphatic hydroxyl groups is 1. The number of carbonyl (C=O) groups excluding carboxylic acids is 2. The van der Waals surface area contributed by atoms with Gasteiger partial charge in [-0.15, -0.1) is 0 Å². The van der Waals surface area contributed by atoms with E-state index in [9.17, 15) is 19.1 Å². The van der Waals surface area contributed by atoms with Gasteiger partial charge in [0.05, 0.1) is 18.7 Å². The molecule has 0 bridgehead atoms. The van der Waals surface area contributed by atoms with Gasteiger partial charge in [-0.3, -0.25) is 19.6 Å². The van der Waals surface area contributed by atoms with E-state index in [0.717, 1.165) is 11.6 Å². The molecule has 7 nitrogen and oxygen atoms in total. The van der Waals surface area contributed by atoms with Gasteiger partial charge in [0.2, 0.25) is 0 Å². The van der Waals surface area contributed by atoms with Gasteiger partial charge in [-0.25, -0.2) is 4.39 Å². The van der Waals surface area contributed by atoms with E-state index in [1.807, 2.05) is 0 Å². The molecule has 2 aromatic heterocycles. The molecule has 4 rings (SSSR count). The van der Waals surface area contributed by atoms with E-state index >= 15 is 0 Å². The number of pyridine rings is 2. The molecule has 156 valence electrons. The van der Waals surface area contributed by atoms with Crippen LogP contribution in [-0.4, -0.2) is 38.8 Å². The van der Waals surface area contributed by atoms with Crippen LogP contribution < -0.4 is 4.74 Å². The summed E-state index contributed by atoms with van der Waals surface area (Å²) in [5.41, 5.74) is 1.26. The monoisotopic (exact) mass is 419 g/mol. The van der Waals surface area contributed by atoms with Crippen molar-refractivity contribution in [1.82, 2.24) is 14.9 Å². The predicted molar refractivity (Wildman–Crippen MR) is 109 cm³/mol. The first-order valence-electron chi connectivity index (χ1n) is 9.42. The van der Waals surface area contributed by atoms with Gasteiger partial charge in [0.25, 0.3) is 11.7 Å². The second kappa shape index (κ2) is 8.35. The summed E-state index contributed by atoms with van der Waals surface area (Å²) in [6.45, 7) is 0.110. The zero-order valence-electron chi connectivity index (χ0n) is 16.5. The maximum atomic E-state index is 14.2. The molecule has 1 aliphatic rings. The first-order valence-corrected chi connectivity index (χ1v) is 9.42. The van der Waals surface area contributed by atoms with Crippen molar-refractivity contribution in [1.29, 1.82) is 0 Å². The number of hydrogen-bond acceptors (Lipinski definition) is 6. The van der Waals surface area contributed by atoms with Crippen molar-refractivity contribution in [3.63, 3.8) is 0 Å². The molecule has 1 amide bonds. The number of ether oxygens (including phenoxy) is 1. The van der Waals surface area contributed by atoms with Crippen LogP contribution >= 0.6 is 0 Å². The Hall–Kier alpha value is -4.07. The van der Waals surface area contributed by atoms with Crippen molar-refractivity contribution in [3.05, 3.63) is 95.3 Å². The Balaban J connectivity index is 1.85. The van der Waals surface area contributed by atoms with Crippen LogP contribution in [0.3, 0.4) is 0 Å². The second-order valence-corrected chi connectivity index (χ2v) is 6.92. The fourth-order valence-electron chi connectivity index (χ4n) is 3.59. The van der Waals surface area contributed by atoms with E-state index < -0.39 is 29.3 Å². The lowest BCUT2D eigenvalue weighted by Crippen LogP contribution is -2.29. The zero-order valence-corrected chi connectivity index (χ0v) is 16.5. The summed E-state index contributed by atoms with van der Waals surface area (Å²) < 4.78 is 19.1. The number of aliphatic hydroxyl groups excluding tert-OH is 1. The molecular weight excluding hydrogens is 401 g/mol. The number of amides is 1. The third-order valence-corrected chi connectivity index (χ3v) is 5.06. The average molecular weight is 419 g/mol. The third-order valence-electron chi connectivity index (χ3n) is 5.06. The van der Waals surface area contributed by atoms with Crippen LogP contribution in [-0.2, 0) is 16.1 Å². The molecule has 0 aliphatic carbocycles. The number of carbonyl (C=O) groups is 2. The van der Waals surface area contributed by atoms with E-state index in [1.54, 1.807) is 36.7 Å². The number of aromatic nitrogens is 2. The Morgan fingerprint density at radius 2 is 1.90 bits per heavy atom. The van der Waals surface area contributed by atoms with E-state index in [0.29, 0.717) is 5.56 Å². The maximum absolute atomic E-state index is 14.2. The number of Topliss-reactive ketones (excluding diaryl/α,β-unsaturated/α-hetero) is 1. The van der Waals surface area contributed by atoms with E-state index in [1.165, 1.54) is 36.5 Å². The zero-order chi connectivity index (χ0) is 22.0. The molecule has 8 heteroatoms. The second-order valence-electron chi connectivity index (χ2n) is 6.92. The van der Waals surface area contributed by atoms with Crippen LogP contribution in [0.2, 0.25) is 0 Å². The highest BCUT2D eigenvalue weighted by Crippen LogP contribution is 2.40. The Morgan fingerprint density at radius 3 is 2.55 bits per heavy atom. The molecule has 1 atom stereocenters. The van der Waals surface area contributed by atoms with Gasteiger partial charge in [0.15, 0.2) is 11.6 Å². The molecule has 0 radical (unpaired) electrons. The number of methoxy groups -OCH3 is 1. The third kappa shape index (κ3) is 3.75. The number of nitrogens with zero attached hydrogens (tertiary/aromatic N) is 3. The van der Waals surface area contributed by atoms with Crippen molar-refractivity contribution in [3.8, 4) is 5.75 Å². The lowest BCUT2D eigenvalue weighted by molar-refractivity contribution is -0.140. The van der Waals surface area contributed by atoms with Crippen LogP contribution in [0, 0.1) is 5.82 Å². The van der Waals surface area contributed by atoms with Gasteiger partial charge >= 0.3 is 0 Å². The molecule has 1 aliphatic heterocycles. The molecule has 1 unspecified atom stereocenters. The molecule has 0 saturated carbocycles. The van der Waals surface area contributed by atoms with Gasteiger partial charge in [0.1, 0.15) is 5.76 Å². The van der Waals surface area contributed by atoms with Gasteiger partial charge in [-0.1, -0.05) is 6.07 Å². The van der Waals surface area contributed by atoms with Gasteiger partial charge in [-0.2, -0.15) is 0 Å². The highest BCUT2D eigenvalue weighted by molar-refractivity contribution is 6.46. The standard InChI is InChI=1S/C23H18FN3O4/c1-31-18-5-4-16(11-17(18)24)21(28)19-20(15-6-9-25-10-7-15)27(23(30)22(19)29)13-14-3-2-8-26-12-14/h2-12,20,28H,13H2,1H3. The van der Waals surface area contributed by atoms with Crippen molar-refractivity contribution < 1.29 is 23.8 Å². The normalized spacial score (nSPS) is 17.7. The summed E-state index contributed by atoms with van der Waals surface area (Å²) in [4.78, 5) is 35.3. The number of likely N-dealkylation sites (tertiary alicyclic amines) is 1. The molecule has 0 spiro atoms. The summed E-state index contributed by atoms with van der Waals surface area (Å²) in [6.07, 6.45) is 6.27. The largest absolute Gasteiger partial charge is 0.507 e. The van der Waals surface area contributed by atoms with Crippen molar-refractivity contribution in [2.75, 3.05) is 7.11 Å². The number of rotatable bonds is 5. The van der Waals surface area contributed by atoms with Crippen molar-refractivity contribution in [2.45, 2.75) is 12.6 Å². The number of hydrogen-bond donors (Lipinski definition) is 1. The van der Waals surface area contributed by atoms with E-state index in [-0.39, 0.29) is 23.4 Å². The minimum absolute atomic E-state index is 0.000683. The van der Waals surface area contributed by atoms with Crippen LogP contribution in [0.15, 0.2) is 72.8 Å². The Labute approximate surface area is 177 Å².